The molecule has 1 atom stereocenters. The van der Waals surface area contributed by atoms with Crippen LogP contribution in [0.15, 0.2) is 60.8 Å². The van der Waals surface area contributed by atoms with Crippen molar-refractivity contribution < 1.29 is 14.3 Å². The minimum Gasteiger partial charge on any atom is -0.448 e. The van der Waals surface area contributed by atoms with E-state index in [0.717, 1.165) is 16.8 Å². The number of cyclic esters (lactones) is 1. The first-order chi connectivity index (χ1) is 12.6. The van der Waals surface area contributed by atoms with Gasteiger partial charge in [0, 0.05) is 12.5 Å². The van der Waals surface area contributed by atoms with Crippen molar-refractivity contribution in [1.82, 2.24) is 9.78 Å². The van der Waals surface area contributed by atoms with Crippen LogP contribution in [-0.2, 0) is 16.0 Å². The molecule has 0 fully saturated rings. The highest BCUT2D eigenvalue weighted by Gasteiger charge is 2.31. The number of nitrogens with zero attached hydrogens (tertiary/aromatic N) is 2. The summed E-state index contributed by atoms with van der Waals surface area (Å²) in [6.45, 7) is 1.97. The molecule has 0 radical (unpaired) electrons. The van der Waals surface area contributed by atoms with Crippen LogP contribution in [0.2, 0.25) is 0 Å². The molecular formula is C20H17N3O3. The van der Waals surface area contributed by atoms with Crippen molar-refractivity contribution >= 4 is 17.7 Å². The summed E-state index contributed by atoms with van der Waals surface area (Å²) >= 11 is 0. The molecule has 1 aliphatic rings. The molecule has 6 nitrogen and oxygen atoms in total. The van der Waals surface area contributed by atoms with Crippen LogP contribution in [-0.4, -0.2) is 27.8 Å². The van der Waals surface area contributed by atoms with E-state index in [0.29, 0.717) is 17.8 Å². The number of ether oxygens (including phenoxy) is 1. The van der Waals surface area contributed by atoms with E-state index in [4.69, 9.17) is 4.74 Å². The van der Waals surface area contributed by atoms with E-state index < -0.39 is 12.1 Å². The Kier molecular flexibility index (Phi) is 4.01. The molecule has 1 N–H and O–H groups in total. The molecule has 4 rings (SSSR count). The summed E-state index contributed by atoms with van der Waals surface area (Å²) in [4.78, 5) is 24.8. The first-order valence-corrected chi connectivity index (χ1v) is 8.33. The molecule has 3 aromatic rings. The highest BCUT2D eigenvalue weighted by atomic mass is 16.5. The normalized spacial score (nSPS) is 15.9. The van der Waals surface area contributed by atoms with Crippen LogP contribution in [0.1, 0.15) is 21.5 Å². The van der Waals surface area contributed by atoms with E-state index in [1.165, 1.54) is 0 Å². The van der Waals surface area contributed by atoms with Crippen molar-refractivity contribution in [3.63, 3.8) is 0 Å². The molecule has 0 bridgehead atoms. The predicted molar refractivity (Wildman–Crippen MR) is 96.3 cm³/mol. The van der Waals surface area contributed by atoms with Gasteiger partial charge in [0.05, 0.1) is 17.4 Å². The SMILES string of the molecule is Cc1ccccc1-n1nccc1NC(=O)[C@H]1Cc2ccccc2C(=O)O1. The van der Waals surface area contributed by atoms with Crippen LogP contribution in [0, 0.1) is 6.92 Å². The van der Waals surface area contributed by atoms with Gasteiger partial charge in [-0.05, 0) is 30.2 Å². The number of fused-ring (bicyclic) bond motifs is 1. The number of carbonyl (C=O) groups is 2. The number of nitrogens with one attached hydrogen (secondary N) is 1. The lowest BCUT2D eigenvalue weighted by Gasteiger charge is -2.23. The molecular weight excluding hydrogens is 330 g/mol. The second-order valence-electron chi connectivity index (χ2n) is 6.16. The molecule has 0 unspecified atom stereocenters. The van der Waals surface area contributed by atoms with Crippen LogP contribution >= 0.6 is 0 Å². The lowest BCUT2D eigenvalue weighted by molar-refractivity contribution is -0.125. The average molecular weight is 347 g/mol. The van der Waals surface area contributed by atoms with Gasteiger partial charge in [-0.15, -0.1) is 0 Å². The van der Waals surface area contributed by atoms with E-state index in [-0.39, 0.29) is 5.91 Å². The number of anilines is 1. The van der Waals surface area contributed by atoms with E-state index >= 15 is 0 Å². The van der Waals surface area contributed by atoms with Gasteiger partial charge in [0.2, 0.25) is 0 Å². The fourth-order valence-corrected chi connectivity index (χ4v) is 3.08. The van der Waals surface area contributed by atoms with Gasteiger partial charge in [0.15, 0.2) is 6.10 Å². The van der Waals surface area contributed by atoms with Crippen molar-refractivity contribution in [2.24, 2.45) is 0 Å². The molecule has 0 saturated carbocycles. The maximum Gasteiger partial charge on any atom is 0.339 e. The molecule has 130 valence electrons. The molecule has 2 aromatic carbocycles. The quantitative estimate of drug-likeness (QED) is 0.740. The first-order valence-electron chi connectivity index (χ1n) is 8.33. The molecule has 0 spiro atoms. The Morgan fingerprint density at radius 3 is 2.77 bits per heavy atom. The molecule has 0 saturated heterocycles. The van der Waals surface area contributed by atoms with Gasteiger partial charge in [0.25, 0.3) is 5.91 Å². The minimum atomic E-state index is -0.863. The van der Waals surface area contributed by atoms with E-state index in [2.05, 4.69) is 10.4 Å². The summed E-state index contributed by atoms with van der Waals surface area (Å²) in [5, 5.41) is 7.11. The maximum atomic E-state index is 12.7. The van der Waals surface area contributed by atoms with Crippen LogP contribution in [0.4, 0.5) is 5.82 Å². The van der Waals surface area contributed by atoms with Crippen molar-refractivity contribution in [2.45, 2.75) is 19.4 Å². The smallest absolute Gasteiger partial charge is 0.339 e. The highest BCUT2D eigenvalue weighted by Crippen LogP contribution is 2.23. The monoisotopic (exact) mass is 347 g/mol. The largest absolute Gasteiger partial charge is 0.448 e. The second kappa shape index (κ2) is 6.48. The van der Waals surface area contributed by atoms with Crippen molar-refractivity contribution in [3.8, 4) is 5.69 Å². The Morgan fingerprint density at radius 2 is 1.92 bits per heavy atom. The molecule has 1 amide bonds. The minimum absolute atomic E-state index is 0.353. The van der Waals surface area contributed by atoms with Crippen molar-refractivity contribution in [2.75, 3.05) is 5.32 Å². The number of rotatable bonds is 3. The third-order valence-electron chi connectivity index (χ3n) is 4.42. The Morgan fingerprint density at radius 1 is 1.15 bits per heavy atom. The summed E-state index contributed by atoms with van der Waals surface area (Å²) in [6.07, 6.45) is 1.11. The Hall–Kier alpha value is -3.41. The topological polar surface area (TPSA) is 73.2 Å². The summed E-state index contributed by atoms with van der Waals surface area (Å²) < 4.78 is 6.97. The molecule has 1 aliphatic heterocycles. The third kappa shape index (κ3) is 2.86. The number of para-hydroxylation sites is 1. The molecule has 0 aliphatic carbocycles. The maximum absolute atomic E-state index is 12.7. The summed E-state index contributed by atoms with van der Waals surface area (Å²) in [6, 6.07) is 16.6. The van der Waals surface area contributed by atoms with Gasteiger partial charge in [-0.2, -0.15) is 5.10 Å². The van der Waals surface area contributed by atoms with E-state index in [1.54, 1.807) is 29.1 Å². The number of hydrogen-bond acceptors (Lipinski definition) is 4. The number of carbonyl (C=O) groups excluding carboxylic acids is 2. The lowest BCUT2D eigenvalue weighted by Crippen LogP contribution is -2.38. The van der Waals surface area contributed by atoms with Gasteiger partial charge in [-0.3, -0.25) is 4.79 Å². The molecule has 26 heavy (non-hydrogen) atoms. The Bertz CT molecular complexity index is 993. The summed E-state index contributed by atoms with van der Waals surface area (Å²) in [5.41, 5.74) is 3.24. The third-order valence-corrected chi connectivity index (χ3v) is 4.42. The van der Waals surface area contributed by atoms with E-state index in [9.17, 15) is 9.59 Å². The Balaban J connectivity index is 1.57. The highest BCUT2D eigenvalue weighted by molar-refractivity contribution is 5.99. The van der Waals surface area contributed by atoms with Gasteiger partial charge in [-0.25, -0.2) is 9.48 Å². The average Bonchev–Trinajstić information content (AvgIpc) is 3.10. The standard InChI is InChI=1S/C20H17N3O3/c1-13-6-2-5-9-16(13)23-18(10-11-21-23)22-19(24)17-12-14-7-3-4-8-15(14)20(25)26-17/h2-11,17H,12H2,1H3,(H,22,24)/t17-/m1/s1. The molecule has 2 heterocycles. The lowest BCUT2D eigenvalue weighted by atomic mass is 9.98. The van der Waals surface area contributed by atoms with Crippen LogP contribution in [0.25, 0.3) is 5.69 Å². The van der Waals surface area contributed by atoms with Gasteiger partial charge in [0.1, 0.15) is 5.82 Å². The fourth-order valence-electron chi connectivity index (χ4n) is 3.08. The van der Waals surface area contributed by atoms with Gasteiger partial charge < -0.3 is 10.1 Å². The number of esters is 1. The summed E-state index contributed by atoms with van der Waals surface area (Å²) in [5.74, 6) is -0.318. The fraction of sp³-hybridized carbons (Fsp3) is 0.150. The first kappa shape index (κ1) is 16.1. The summed E-state index contributed by atoms with van der Waals surface area (Å²) in [7, 11) is 0. The number of aryl methyl sites for hydroxylation is 1. The van der Waals surface area contributed by atoms with Gasteiger partial charge >= 0.3 is 5.97 Å². The number of hydrogen-bond donors (Lipinski definition) is 1. The predicted octanol–water partition coefficient (Wildman–Crippen LogP) is 2.90. The molecule has 6 heteroatoms. The number of amides is 1. The zero-order valence-electron chi connectivity index (χ0n) is 14.2. The van der Waals surface area contributed by atoms with Crippen LogP contribution in [0.3, 0.4) is 0 Å². The Labute approximate surface area is 150 Å². The van der Waals surface area contributed by atoms with Crippen LogP contribution in [0.5, 0.6) is 0 Å². The number of benzene rings is 2. The molecule has 1 aromatic heterocycles. The second-order valence-corrected chi connectivity index (χ2v) is 6.16. The van der Waals surface area contributed by atoms with Crippen molar-refractivity contribution in [1.29, 1.82) is 0 Å². The number of aromatic nitrogens is 2. The van der Waals surface area contributed by atoms with Crippen molar-refractivity contribution in [3.05, 3.63) is 77.5 Å². The van der Waals surface area contributed by atoms with E-state index in [1.807, 2.05) is 43.3 Å². The van der Waals surface area contributed by atoms with Gasteiger partial charge in [-0.1, -0.05) is 36.4 Å². The zero-order chi connectivity index (χ0) is 18.1. The van der Waals surface area contributed by atoms with Crippen LogP contribution < -0.4 is 5.32 Å². The zero-order valence-corrected chi connectivity index (χ0v) is 14.2.